The van der Waals surface area contributed by atoms with E-state index in [-0.39, 0.29) is 0 Å². The summed E-state index contributed by atoms with van der Waals surface area (Å²) in [6.45, 7) is 0. The maximum Gasteiger partial charge on any atom is 0.339 e. The maximum atomic E-state index is 11.3. The lowest BCUT2D eigenvalue weighted by Crippen LogP contribution is -2.33. The van der Waals surface area contributed by atoms with Gasteiger partial charge in [0, 0.05) is 29.4 Å². The van der Waals surface area contributed by atoms with Crippen LogP contribution in [0.1, 0.15) is 11.5 Å². The van der Waals surface area contributed by atoms with Crippen LogP contribution in [0.25, 0.3) is 0 Å². The molecule has 0 spiro atoms. The van der Waals surface area contributed by atoms with Gasteiger partial charge in [-0.2, -0.15) is 4.98 Å². The Bertz CT molecular complexity index is 754. The Hall–Kier alpha value is -1.47. The third-order valence-electron chi connectivity index (χ3n) is 3.16. The van der Waals surface area contributed by atoms with Gasteiger partial charge >= 0.3 is 11.1 Å². The van der Waals surface area contributed by atoms with E-state index in [1.807, 2.05) is 11.8 Å². The summed E-state index contributed by atoms with van der Waals surface area (Å²) in [5.41, 5.74) is -0.0511. The molecule has 1 aliphatic rings. The number of rotatable bonds is 3. The molecule has 1 N–H and O–H groups in total. The molecule has 1 aliphatic heterocycles. The van der Waals surface area contributed by atoms with Gasteiger partial charge in [0.25, 0.3) is 0 Å². The Morgan fingerprint density at radius 2 is 2.25 bits per heavy atom. The Morgan fingerprint density at radius 3 is 3.10 bits per heavy atom. The van der Waals surface area contributed by atoms with Crippen LogP contribution in [-0.2, 0) is 7.05 Å². The minimum atomic E-state index is -0.730. The van der Waals surface area contributed by atoms with E-state index < -0.39 is 11.1 Å². The first-order valence-electron chi connectivity index (χ1n) is 6.17. The molecule has 5 nitrogen and oxygen atoms in total. The summed E-state index contributed by atoms with van der Waals surface area (Å²) in [5.74, 6) is 2.34. The van der Waals surface area contributed by atoms with Crippen molar-refractivity contribution in [1.82, 2.24) is 14.8 Å². The van der Waals surface area contributed by atoms with Gasteiger partial charge in [-0.25, -0.2) is 0 Å². The normalized spacial score (nSPS) is 17.1. The number of aromatic nitrogens is 3. The number of fused-ring (bicyclic) bond motifs is 1. The molecular weight excluding hydrogens is 294 g/mol. The molecule has 0 saturated heterocycles. The standard InChI is InChI=1S/C13H13N3O2S2/c1-16-13(14-11(17)12(18)15-16)20-7-8-6-19-10-5-3-2-4-9(8)10/h2-5,8H,6-7H2,1H3,(H,15,18). The van der Waals surface area contributed by atoms with Gasteiger partial charge in [-0.1, -0.05) is 30.0 Å². The summed E-state index contributed by atoms with van der Waals surface area (Å²) in [4.78, 5) is 27.6. The number of benzene rings is 1. The van der Waals surface area contributed by atoms with E-state index in [0.29, 0.717) is 11.1 Å². The number of nitrogens with zero attached hydrogens (tertiary/aromatic N) is 2. The molecule has 0 fully saturated rings. The van der Waals surface area contributed by atoms with Crippen LogP contribution >= 0.6 is 23.5 Å². The molecule has 0 aliphatic carbocycles. The first kappa shape index (κ1) is 13.5. The largest absolute Gasteiger partial charge is 0.339 e. The molecule has 1 aromatic heterocycles. The van der Waals surface area contributed by atoms with E-state index in [0.717, 1.165) is 11.5 Å². The Kier molecular flexibility index (Phi) is 3.71. The van der Waals surface area contributed by atoms with Crippen molar-refractivity contribution in [2.24, 2.45) is 7.05 Å². The molecular formula is C13H13N3O2S2. The first-order chi connectivity index (χ1) is 9.65. The van der Waals surface area contributed by atoms with Crippen LogP contribution in [0.2, 0.25) is 0 Å². The van der Waals surface area contributed by atoms with E-state index in [9.17, 15) is 9.59 Å². The minimum Gasteiger partial charge on any atom is -0.265 e. The van der Waals surface area contributed by atoms with Crippen LogP contribution in [0.5, 0.6) is 0 Å². The highest BCUT2D eigenvalue weighted by molar-refractivity contribution is 8.00. The van der Waals surface area contributed by atoms with Gasteiger partial charge in [0.2, 0.25) is 0 Å². The third kappa shape index (κ3) is 2.55. The lowest BCUT2D eigenvalue weighted by atomic mass is 10.0. The van der Waals surface area contributed by atoms with Crippen molar-refractivity contribution in [2.45, 2.75) is 16.0 Å². The second-order valence-electron chi connectivity index (χ2n) is 4.56. The minimum absolute atomic E-state index is 0.449. The van der Waals surface area contributed by atoms with E-state index in [1.165, 1.54) is 26.9 Å². The van der Waals surface area contributed by atoms with Gasteiger partial charge in [0.15, 0.2) is 5.16 Å². The fraction of sp³-hybridized carbons (Fsp3) is 0.308. The zero-order valence-corrected chi connectivity index (χ0v) is 12.5. The fourth-order valence-corrected chi connectivity index (χ4v) is 4.57. The zero-order chi connectivity index (χ0) is 14.1. The predicted molar refractivity (Wildman–Crippen MR) is 80.7 cm³/mol. The summed E-state index contributed by atoms with van der Waals surface area (Å²) in [6.07, 6.45) is 0. The van der Waals surface area contributed by atoms with E-state index in [4.69, 9.17) is 0 Å². The average molecular weight is 307 g/mol. The summed E-state index contributed by atoms with van der Waals surface area (Å²) < 4.78 is 1.50. The molecule has 7 heteroatoms. The predicted octanol–water partition coefficient (Wildman–Crippen LogP) is 1.45. The monoisotopic (exact) mass is 307 g/mol. The highest BCUT2D eigenvalue weighted by Gasteiger charge is 2.23. The third-order valence-corrected chi connectivity index (χ3v) is 5.60. The quantitative estimate of drug-likeness (QED) is 0.687. The molecule has 1 aromatic carbocycles. The molecule has 2 heterocycles. The summed E-state index contributed by atoms with van der Waals surface area (Å²) >= 11 is 3.36. The number of aryl methyl sites for hydroxylation is 1. The van der Waals surface area contributed by atoms with Gasteiger partial charge in [-0.05, 0) is 11.6 Å². The van der Waals surface area contributed by atoms with Gasteiger partial charge in [-0.15, -0.1) is 11.8 Å². The van der Waals surface area contributed by atoms with Gasteiger partial charge in [0.1, 0.15) is 0 Å². The molecule has 20 heavy (non-hydrogen) atoms. The number of hydrogen-bond donors (Lipinski definition) is 1. The molecule has 104 valence electrons. The molecule has 0 bridgehead atoms. The van der Waals surface area contributed by atoms with Crippen LogP contribution in [-0.4, -0.2) is 26.3 Å². The number of H-pyrrole nitrogens is 1. The Labute approximate surface area is 123 Å². The van der Waals surface area contributed by atoms with E-state index in [2.05, 4.69) is 34.3 Å². The second-order valence-corrected chi connectivity index (χ2v) is 6.61. The van der Waals surface area contributed by atoms with Crippen LogP contribution in [0, 0.1) is 0 Å². The van der Waals surface area contributed by atoms with Crippen molar-refractivity contribution in [3.8, 4) is 0 Å². The Morgan fingerprint density at radius 1 is 1.45 bits per heavy atom. The van der Waals surface area contributed by atoms with Crippen molar-refractivity contribution in [3.05, 3.63) is 50.5 Å². The van der Waals surface area contributed by atoms with Crippen molar-refractivity contribution < 1.29 is 0 Å². The lowest BCUT2D eigenvalue weighted by molar-refractivity contribution is 0.596. The van der Waals surface area contributed by atoms with Crippen molar-refractivity contribution in [3.63, 3.8) is 0 Å². The lowest BCUT2D eigenvalue weighted by Gasteiger charge is -2.11. The first-order valence-corrected chi connectivity index (χ1v) is 8.14. The SMILES string of the molecule is Cn1[nH]c(=O)c(=O)nc1SCC1CSc2ccccc21. The van der Waals surface area contributed by atoms with Gasteiger partial charge < -0.3 is 0 Å². The number of hydrogen-bond acceptors (Lipinski definition) is 5. The molecule has 2 aromatic rings. The summed E-state index contributed by atoms with van der Waals surface area (Å²) in [7, 11) is 1.69. The smallest absolute Gasteiger partial charge is 0.265 e. The van der Waals surface area contributed by atoms with Crippen molar-refractivity contribution >= 4 is 23.5 Å². The molecule has 1 atom stereocenters. The second kappa shape index (κ2) is 5.49. The number of nitrogens with one attached hydrogen (secondary N) is 1. The number of aromatic amines is 1. The highest BCUT2D eigenvalue weighted by Crippen LogP contribution is 2.41. The number of thioether (sulfide) groups is 2. The Balaban J connectivity index is 1.77. The van der Waals surface area contributed by atoms with Crippen LogP contribution < -0.4 is 11.1 Å². The molecule has 0 radical (unpaired) electrons. The highest BCUT2D eigenvalue weighted by atomic mass is 32.2. The van der Waals surface area contributed by atoms with Crippen molar-refractivity contribution in [1.29, 1.82) is 0 Å². The van der Waals surface area contributed by atoms with Crippen LogP contribution in [0.4, 0.5) is 0 Å². The molecule has 3 rings (SSSR count). The fourth-order valence-electron chi connectivity index (χ4n) is 2.13. The van der Waals surface area contributed by atoms with E-state index in [1.54, 1.807) is 7.05 Å². The summed E-state index contributed by atoms with van der Waals surface area (Å²) in [6, 6.07) is 8.39. The van der Waals surface area contributed by atoms with Crippen LogP contribution in [0.15, 0.2) is 43.9 Å². The van der Waals surface area contributed by atoms with Gasteiger partial charge in [0.05, 0.1) is 0 Å². The van der Waals surface area contributed by atoms with Gasteiger partial charge in [-0.3, -0.25) is 19.4 Å². The summed E-state index contributed by atoms with van der Waals surface area (Å²) in [5, 5.41) is 3.01. The van der Waals surface area contributed by atoms with Crippen LogP contribution in [0.3, 0.4) is 0 Å². The molecule has 0 amide bonds. The van der Waals surface area contributed by atoms with Crippen molar-refractivity contribution in [2.75, 3.05) is 11.5 Å². The molecule has 1 unspecified atom stereocenters. The topological polar surface area (TPSA) is 67.8 Å². The zero-order valence-electron chi connectivity index (χ0n) is 10.8. The molecule has 0 saturated carbocycles. The van der Waals surface area contributed by atoms with E-state index >= 15 is 0 Å². The maximum absolute atomic E-state index is 11.3. The average Bonchev–Trinajstić information content (AvgIpc) is 2.85.